The molecule has 134 valence electrons. The van der Waals surface area contributed by atoms with Crippen molar-refractivity contribution in [2.24, 2.45) is 0 Å². The van der Waals surface area contributed by atoms with E-state index in [2.05, 4.69) is 16.1 Å². The monoisotopic (exact) mass is 335 g/mol. The van der Waals surface area contributed by atoms with Gasteiger partial charge in [0.1, 0.15) is 5.60 Å². The number of esters is 1. The van der Waals surface area contributed by atoms with E-state index in [9.17, 15) is 9.59 Å². The van der Waals surface area contributed by atoms with E-state index >= 15 is 0 Å². The number of piperidine rings is 1. The third kappa shape index (κ3) is 7.59. The number of nitrogens with one attached hydrogen (secondary N) is 1. The van der Waals surface area contributed by atoms with Gasteiger partial charge >= 0.3 is 5.97 Å². The highest BCUT2D eigenvalue weighted by Gasteiger charge is 2.16. The Morgan fingerprint density at radius 1 is 1.29 bits per heavy atom. The average molecular weight is 335 g/mol. The van der Waals surface area contributed by atoms with Crippen molar-refractivity contribution in [2.45, 2.75) is 52.1 Å². The Bertz CT molecular complexity index is 516. The molecule has 5 nitrogen and oxygen atoms in total. The fraction of sp³-hybridized carbons (Fsp3) is 0.579. The van der Waals surface area contributed by atoms with Crippen molar-refractivity contribution >= 4 is 12.4 Å². The van der Waals surface area contributed by atoms with E-state index in [-0.39, 0.29) is 11.6 Å². The maximum atomic E-state index is 11.6. The van der Waals surface area contributed by atoms with Crippen molar-refractivity contribution in [2.75, 3.05) is 19.7 Å². The zero-order valence-corrected chi connectivity index (χ0v) is 15.1. The average Bonchev–Trinajstić information content (AvgIpc) is 2.55. The molecule has 1 N–H and O–H groups in total. The molecule has 1 saturated heterocycles. The van der Waals surface area contributed by atoms with Gasteiger partial charge in [0, 0.05) is 0 Å². The van der Waals surface area contributed by atoms with Gasteiger partial charge in [-0.1, -0.05) is 12.1 Å². The molecule has 1 aromatic rings. The van der Waals surface area contributed by atoms with Crippen LogP contribution in [-0.2, 0) is 14.3 Å². The molecule has 2 rings (SSSR count). The third-order valence-electron chi connectivity index (χ3n) is 3.61. The van der Waals surface area contributed by atoms with Crippen LogP contribution in [0.5, 0.6) is 0 Å². The fourth-order valence-electron chi connectivity index (χ4n) is 2.43. The molecule has 5 heteroatoms. The van der Waals surface area contributed by atoms with E-state index < -0.39 is 0 Å². The first-order valence-corrected chi connectivity index (χ1v) is 8.46. The molecule has 1 heterocycles. The molecule has 0 spiro atoms. The molecule has 24 heavy (non-hydrogen) atoms. The lowest BCUT2D eigenvalue weighted by Crippen LogP contribution is -2.26. The van der Waals surface area contributed by atoms with Crippen LogP contribution in [0.15, 0.2) is 24.3 Å². The zero-order chi connectivity index (χ0) is 18.0. The first-order valence-electron chi connectivity index (χ1n) is 8.46. The summed E-state index contributed by atoms with van der Waals surface area (Å²) in [7, 11) is 0. The van der Waals surface area contributed by atoms with Crippen LogP contribution < -0.4 is 5.32 Å². The van der Waals surface area contributed by atoms with E-state index in [1.165, 1.54) is 5.56 Å². The van der Waals surface area contributed by atoms with Crippen LogP contribution in [-0.4, -0.2) is 37.7 Å². The number of benzene rings is 1. The second kappa shape index (κ2) is 10.1. The van der Waals surface area contributed by atoms with Gasteiger partial charge in [-0.05, 0) is 77.2 Å². The summed E-state index contributed by atoms with van der Waals surface area (Å²) in [6, 6.07) is 7.86. The second-order valence-corrected chi connectivity index (χ2v) is 6.70. The van der Waals surface area contributed by atoms with Gasteiger partial charge in [-0.3, -0.25) is 4.79 Å². The van der Waals surface area contributed by atoms with Crippen LogP contribution in [0.25, 0.3) is 0 Å². The maximum absolute atomic E-state index is 11.6. The Morgan fingerprint density at radius 3 is 2.46 bits per heavy atom. The van der Waals surface area contributed by atoms with E-state index in [1.807, 2.05) is 45.9 Å². The highest BCUT2D eigenvalue weighted by atomic mass is 16.5. The van der Waals surface area contributed by atoms with Crippen molar-refractivity contribution in [1.29, 1.82) is 0 Å². The third-order valence-corrected chi connectivity index (χ3v) is 3.61. The Balaban J connectivity index is 0.000000351. The standard InChI is InChI=1S/C14H19NO2.C5H10O2/c1-2-17-14(16)13-5-3-4-12(10-13)11-6-8-15-9-7-11;1-5(2,3)7-4-6/h3-5,10-11,15H,2,6-9H2,1H3;4H,1-3H3. The lowest BCUT2D eigenvalue weighted by atomic mass is 9.89. The highest BCUT2D eigenvalue weighted by Crippen LogP contribution is 2.25. The highest BCUT2D eigenvalue weighted by molar-refractivity contribution is 5.89. The predicted molar refractivity (Wildman–Crippen MR) is 94.1 cm³/mol. The lowest BCUT2D eigenvalue weighted by molar-refractivity contribution is -0.138. The molecule has 1 aromatic carbocycles. The van der Waals surface area contributed by atoms with Gasteiger partial charge < -0.3 is 14.8 Å². The number of ether oxygens (including phenoxy) is 2. The maximum Gasteiger partial charge on any atom is 0.338 e. The molecular formula is C19H29NO4. The number of carbonyl (C=O) groups excluding carboxylic acids is 2. The van der Waals surface area contributed by atoms with Crippen LogP contribution in [0, 0.1) is 0 Å². The van der Waals surface area contributed by atoms with Gasteiger partial charge in [0.15, 0.2) is 0 Å². The lowest BCUT2D eigenvalue weighted by Gasteiger charge is -2.23. The summed E-state index contributed by atoms with van der Waals surface area (Å²) in [6.07, 6.45) is 2.29. The summed E-state index contributed by atoms with van der Waals surface area (Å²) in [4.78, 5) is 21.2. The molecule has 1 aliphatic rings. The van der Waals surface area contributed by atoms with Gasteiger partial charge in [-0.2, -0.15) is 0 Å². The molecule has 0 radical (unpaired) electrons. The van der Waals surface area contributed by atoms with Crippen molar-refractivity contribution in [3.8, 4) is 0 Å². The molecule has 0 aromatic heterocycles. The fourth-order valence-corrected chi connectivity index (χ4v) is 2.43. The van der Waals surface area contributed by atoms with Gasteiger partial charge in [0.25, 0.3) is 6.47 Å². The minimum atomic E-state index is -0.318. The molecule has 0 aliphatic carbocycles. The van der Waals surface area contributed by atoms with Crippen LogP contribution in [0.1, 0.15) is 62.4 Å². The van der Waals surface area contributed by atoms with E-state index in [0.29, 0.717) is 24.6 Å². The largest absolute Gasteiger partial charge is 0.462 e. The van der Waals surface area contributed by atoms with Gasteiger partial charge in [-0.25, -0.2) is 4.79 Å². The van der Waals surface area contributed by atoms with Crippen molar-refractivity contribution in [1.82, 2.24) is 5.32 Å². The summed E-state index contributed by atoms with van der Waals surface area (Å²) in [5.74, 6) is 0.355. The van der Waals surface area contributed by atoms with Crippen LogP contribution >= 0.6 is 0 Å². The zero-order valence-electron chi connectivity index (χ0n) is 15.1. The van der Waals surface area contributed by atoms with E-state index in [4.69, 9.17) is 4.74 Å². The SMILES string of the molecule is CC(C)(C)OC=O.CCOC(=O)c1cccc(C2CCNCC2)c1. The normalized spacial score (nSPS) is 15.0. The molecule has 0 atom stereocenters. The quantitative estimate of drug-likeness (QED) is 0.676. The molecule has 0 amide bonds. The minimum Gasteiger partial charge on any atom is -0.462 e. The first-order chi connectivity index (χ1) is 11.4. The summed E-state index contributed by atoms with van der Waals surface area (Å²) in [6.45, 7) is 10.3. The van der Waals surface area contributed by atoms with Crippen LogP contribution in [0.3, 0.4) is 0 Å². The summed E-state index contributed by atoms with van der Waals surface area (Å²) >= 11 is 0. The molecular weight excluding hydrogens is 306 g/mol. The topological polar surface area (TPSA) is 64.6 Å². The Hall–Kier alpha value is -1.88. The van der Waals surface area contributed by atoms with Gasteiger partial charge in [0.05, 0.1) is 12.2 Å². The number of carbonyl (C=O) groups is 2. The first kappa shape index (κ1) is 20.2. The van der Waals surface area contributed by atoms with E-state index in [0.717, 1.165) is 25.9 Å². The smallest absolute Gasteiger partial charge is 0.338 e. The van der Waals surface area contributed by atoms with Gasteiger partial charge in [-0.15, -0.1) is 0 Å². The molecule has 0 saturated carbocycles. The Labute approximate surface area is 144 Å². The summed E-state index contributed by atoms with van der Waals surface area (Å²) < 4.78 is 9.57. The summed E-state index contributed by atoms with van der Waals surface area (Å²) in [5, 5.41) is 3.35. The van der Waals surface area contributed by atoms with Crippen molar-refractivity contribution < 1.29 is 19.1 Å². The van der Waals surface area contributed by atoms with E-state index in [1.54, 1.807) is 0 Å². The summed E-state index contributed by atoms with van der Waals surface area (Å²) in [5.41, 5.74) is 1.61. The number of rotatable bonds is 4. The minimum absolute atomic E-state index is 0.219. The van der Waals surface area contributed by atoms with Gasteiger partial charge in [0.2, 0.25) is 0 Å². The Morgan fingerprint density at radius 2 is 1.96 bits per heavy atom. The molecule has 1 fully saturated rings. The molecule has 0 unspecified atom stereocenters. The second-order valence-electron chi connectivity index (χ2n) is 6.70. The number of hydrogen-bond donors (Lipinski definition) is 1. The molecule has 0 bridgehead atoms. The van der Waals surface area contributed by atoms with Crippen molar-refractivity contribution in [3.05, 3.63) is 35.4 Å². The predicted octanol–water partition coefficient (Wildman–Crippen LogP) is 3.29. The van der Waals surface area contributed by atoms with Crippen LogP contribution in [0.2, 0.25) is 0 Å². The Kier molecular flexibility index (Phi) is 8.47. The molecule has 1 aliphatic heterocycles. The van der Waals surface area contributed by atoms with Crippen molar-refractivity contribution in [3.63, 3.8) is 0 Å². The number of hydrogen-bond acceptors (Lipinski definition) is 5. The van der Waals surface area contributed by atoms with Crippen LogP contribution in [0.4, 0.5) is 0 Å².